The lowest BCUT2D eigenvalue weighted by Crippen LogP contribution is -1.94. The maximum absolute atomic E-state index is 10.3. The third kappa shape index (κ3) is 2.56. The monoisotopic (exact) mass is 242 g/mol. The second kappa shape index (κ2) is 4.42. The summed E-state index contributed by atoms with van der Waals surface area (Å²) >= 11 is 3.25. The van der Waals surface area contributed by atoms with Crippen LogP contribution >= 0.6 is 15.9 Å². The first-order chi connectivity index (χ1) is 6.15. The van der Waals surface area contributed by atoms with E-state index in [1.54, 1.807) is 6.07 Å². The zero-order chi connectivity index (χ0) is 9.84. The molecule has 1 atom stereocenters. The van der Waals surface area contributed by atoms with Crippen molar-refractivity contribution in [1.29, 1.82) is 0 Å². The van der Waals surface area contributed by atoms with E-state index in [4.69, 9.17) is 0 Å². The first-order valence-corrected chi connectivity index (χ1v) is 4.86. The third-order valence-electron chi connectivity index (χ3n) is 1.97. The van der Waals surface area contributed by atoms with Gasteiger partial charge in [0.05, 0.1) is 0 Å². The van der Waals surface area contributed by atoms with E-state index >= 15 is 0 Å². The Kier molecular flexibility index (Phi) is 3.48. The van der Waals surface area contributed by atoms with Crippen LogP contribution in [0.2, 0.25) is 0 Å². The summed E-state index contributed by atoms with van der Waals surface area (Å²) in [7, 11) is 0. The summed E-state index contributed by atoms with van der Waals surface area (Å²) in [6.45, 7) is 1.91. The molecule has 0 aromatic heterocycles. The van der Waals surface area contributed by atoms with Crippen LogP contribution in [0.15, 0.2) is 22.7 Å². The van der Waals surface area contributed by atoms with Crippen molar-refractivity contribution >= 4 is 22.2 Å². The quantitative estimate of drug-likeness (QED) is 0.829. The second-order valence-electron chi connectivity index (χ2n) is 3.01. The molecule has 1 aromatic carbocycles. The smallest absolute Gasteiger partial charge is 0.120 e. The van der Waals surface area contributed by atoms with Crippen molar-refractivity contribution < 1.29 is 9.90 Å². The van der Waals surface area contributed by atoms with E-state index < -0.39 is 0 Å². The molecular formula is C10H11BrO2. The van der Waals surface area contributed by atoms with Crippen LogP contribution in [0.25, 0.3) is 0 Å². The van der Waals surface area contributed by atoms with Gasteiger partial charge in [-0.25, -0.2) is 0 Å². The number of aldehydes is 1. The minimum Gasteiger partial charge on any atom is -0.508 e. The van der Waals surface area contributed by atoms with Crippen LogP contribution in [0.1, 0.15) is 24.8 Å². The number of hydrogen-bond acceptors (Lipinski definition) is 2. The van der Waals surface area contributed by atoms with Gasteiger partial charge >= 0.3 is 0 Å². The lowest BCUT2D eigenvalue weighted by molar-refractivity contribution is -0.108. The number of hydrogen-bond donors (Lipinski definition) is 1. The van der Waals surface area contributed by atoms with Crippen LogP contribution in [0, 0.1) is 0 Å². The predicted octanol–water partition coefficient (Wildman–Crippen LogP) is 2.85. The Hall–Kier alpha value is -0.830. The van der Waals surface area contributed by atoms with E-state index in [1.165, 1.54) is 0 Å². The van der Waals surface area contributed by atoms with Crippen molar-refractivity contribution in [2.45, 2.75) is 19.3 Å². The SMILES string of the molecule is CC(CC=O)c1ccc(Br)cc1O. The fourth-order valence-corrected chi connectivity index (χ4v) is 1.55. The van der Waals surface area contributed by atoms with Crippen LogP contribution in [-0.2, 0) is 4.79 Å². The summed E-state index contributed by atoms with van der Waals surface area (Å²) < 4.78 is 0.840. The molecule has 1 aromatic rings. The number of aromatic hydroxyl groups is 1. The molecule has 0 radical (unpaired) electrons. The summed E-state index contributed by atoms with van der Waals surface area (Å²) in [5, 5.41) is 9.54. The summed E-state index contributed by atoms with van der Waals surface area (Å²) in [4.78, 5) is 10.3. The fourth-order valence-electron chi connectivity index (χ4n) is 1.20. The van der Waals surface area contributed by atoms with Gasteiger partial charge < -0.3 is 9.90 Å². The molecule has 0 amide bonds. The lowest BCUT2D eigenvalue weighted by Gasteiger charge is -2.10. The van der Waals surface area contributed by atoms with Gasteiger partial charge in [0.15, 0.2) is 0 Å². The Bertz CT molecular complexity index is 310. The maximum Gasteiger partial charge on any atom is 0.120 e. The standard InChI is InChI=1S/C10H11BrO2/c1-7(4-5-12)9-3-2-8(11)6-10(9)13/h2-3,5-7,13H,4H2,1H3. The minimum atomic E-state index is 0.0746. The lowest BCUT2D eigenvalue weighted by atomic mass is 9.98. The van der Waals surface area contributed by atoms with Crippen LogP contribution in [0.4, 0.5) is 0 Å². The van der Waals surface area contributed by atoms with E-state index in [9.17, 15) is 9.90 Å². The second-order valence-corrected chi connectivity index (χ2v) is 3.92. The van der Waals surface area contributed by atoms with Crippen molar-refractivity contribution in [2.75, 3.05) is 0 Å². The van der Waals surface area contributed by atoms with Gasteiger partial charge in [-0.3, -0.25) is 0 Å². The molecule has 70 valence electrons. The van der Waals surface area contributed by atoms with Crippen LogP contribution in [0.5, 0.6) is 5.75 Å². The molecule has 2 nitrogen and oxygen atoms in total. The zero-order valence-corrected chi connectivity index (χ0v) is 8.91. The van der Waals surface area contributed by atoms with E-state index in [1.807, 2.05) is 19.1 Å². The molecular weight excluding hydrogens is 232 g/mol. The van der Waals surface area contributed by atoms with Crippen molar-refractivity contribution in [3.8, 4) is 5.75 Å². The summed E-state index contributed by atoms with van der Waals surface area (Å²) in [5.41, 5.74) is 0.815. The van der Waals surface area contributed by atoms with Crippen molar-refractivity contribution in [3.05, 3.63) is 28.2 Å². The summed E-state index contributed by atoms with van der Waals surface area (Å²) in [6, 6.07) is 5.32. The summed E-state index contributed by atoms with van der Waals surface area (Å²) in [6.07, 6.45) is 1.31. The third-order valence-corrected chi connectivity index (χ3v) is 2.47. The number of carbonyl (C=O) groups excluding carboxylic acids is 1. The van der Waals surface area contributed by atoms with E-state index in [0.717, 1.165) is 16.3 Å². The van der Waals surface area contributed by atoms with Crippen molar-refractivity contribution in [2.24, 2.45) is 0 Å². The first kappa shape index (κ1) is 10.3. The Morgan fingerprint density at radius 3 is 2.85 bits per heavy atom. The highest BCUT2D eigenvalue weighted by Gasteiger charge is 2.09. The topological polar surface area (TPSA) is 37.3 Å². The number of rotatable bonds is 3. The molecule has 0 saturated heterocycles. The highest BCUT2D eigenvalue weighted by atomic mass is 79.9. The normalized spacial score (nSPS) is 12.5. The van der Waals surface area contributed by atoms with Crippen LogP contribution in [0.3, 0.4) is 0 Å². The van der Waals surface area contributed by atoms with Gasteiger partial charge in [-0.2, -0.15) is 0 Å². The van der Waals surface area contributed by atoms with Gasteiger partial charge in [0, 0.05) is 10.9 Å². The molecule has 0 spiro atoms. The predicted molar refractivity (Wildman–Crippen MR) is 54.9 cm³/mol. The number of phenolic OH excluding ortho intramolecular Hbond substituents is 1. The molecule has 0 aliphatic carbocycles. The Morgan fingerprint density at radius 2 is 2.31 bits per heavy atom. The highest BCUT2D eigenvalue weighted by molar-refractivity contribution is 9.10. The molecule has 0 heterocycles. The minimum absolute atomic E-state index is 0.0746. The van der Waals surface area contributed by atoms with Gasteiger partial charge in [-0.1, -0.05) is 28.9 Å². The zero-order valence-electron chi connectivity index (χ0n) is 7.33. The fraction of sp³-hybridized carbons (Fsp3) is 0.300. The molecule has 3 heteroatoms. The Balaban J connectivity index is 2.94. The largest absolute Gasteiger partial charge is 0.508 e. The molecule has 0 saturated carbocycles. The Morgan fingerprint density at radius 1 is 1.62 bits per heavy atom. The average Bonchev–Trinajstić information content (AvgIpc) is 2.04. The van der Waals surface area contributed by atoms with Crippen LogP contribution in [-0.4, -0.2) is 11.4 Å². The molecule has 0 aliphatic rings. The number of carbonyl (C=O) groups is 1. The maximum atomic E-state index is 10.3. The summed E-state index contributed by atoms with van der Waals surface area (Å²) in [5.74, 6) is 0.314. The van der Waals surface area contributed by atoms with Crippen LogP contribution < -0.4 is 0 Å². The van der Waals surface area contributed by atoms with Gasteiger partial charge in [0.25, 0.3) is 0 Å². The number of phenols is 1. The number of benzene rings is 1. The number of halogens is 1. The van der Waals surface area contributed by atoms with Gasteiger partial charge in [0.1, 0.15) is 12.0 Å². The van der Waals surface area contributed by atoms with Crippen molar-refractivity contribution in [3.63, 3.8) is 0 Å². The molecule has 13 heavy (non-hydrogen) atoms. The van der Waals surface area contributed by atoms with Gasteiger partial charge in [-0.05, 0) is 23.6 Å². The molecule has 0 bridgehead atoms. The molecule has 0 fully saturated rings. The highest BCUT2D eigenvalue weighted by Crippen LogP contribution is 2.29. The first-order valence-electron chi connectivity index (χ1n) is 4.07. The Labute approximate surface area is 85.7 Å². The average molecular weight is 243 g/mol. The molecule has 1 N–H and O–H groups in total. The van der Waals surface area contributed by atoms with E-state index in [-0.39, 0.29) is 11.7 Å². The van der Waals surface area contributed by atoms with E-state index in [2.05, 4.69) is 15.9 Å². The molecule has 1 rings (SSSR count). The molecule has 0 aliphatic heterocycles. The van der Waals surface area contributed by atoms with Crippen molar-refractivity contribution in [1.82, 2.24) is 0 Å². The molecule has 1 unspecified atom stereocenters. The van der Waals surface area contributed by atoms with Gasteiger partial charge in [0.2, 0.25) is 0 Å². The van der Waals surface area contributed by atoms with Gasteiger partial charge in [-0.15, -0.1) is 0 Å². The van der Waals surface area contributed by atoms with E-state index in [0.29, 0.717) is 6.42 Å².